The summed E-state index contributed by atoms with van der Waals surface area (Å²) in [7, 11) is 0. The van der Waals surface area contributed by atoms with Gasteiger partial charge in [0.15, 0.2) is 0 Å². The molecule has 2 rings (SSSR count). The van der Waals surface area contributed by atoms with Crippen molar-refractivity contribution in [3.63, 3.8) is 0 Å². The number of benzene rings is 1. The fraction of sp³-hybridized carbons (Fsp3) is 0.214. The van der Waals surface area contributed by atoms with Crippen molar-refractivity contribution in [2.45, 2.75) is 13.1 Å². The van der Waals surface area contributed by atoms with Gasteiger partial charge in [0.2, 0.25) is 0 Å². The lowest BCUT2D eigenvalue weighted by Crippen LogP contribution is -2.08. The molecule has 112 valence electrons. The first kappa shape index (κ1) is 15.9. The minimum absolute atomic E-state index is 0.141. The first-order valence-corrected chi connectivity index (χ1v) is 6.85. The quantitative estimate of drug-likeness (QED) is 0.800. The van der Waals surface area contributed by atoms with Gasteiger partial charge in [-0.3, -0.25) is 0 Å². The largest absolute Gasteiger partial charge is 0.416 e. The maximum absolute atomic E-state index is 13.0. The van der Waals surface area contributed by atoms with Crippen LogP contribution in [0.25, 0.3) is 11.3 Å². The molecule has 0 atom stereocenters. The molecule has 0 aliphatic rings. The number of hydrogen-bond acceptors (Lipinski definition) is 2. The van der Waals surface area contributed by atoms with Gasteiger partial charge in [0.1, 0.15) is 5.82 Å². The summed E-state index contributed by atoms with van der Waals surface area (Å²) in [5, 5.41) is 3.43. The Kier molecular flexibility index (Phi) is 4.64. The van der Waals surface area contributed by atoms with Crippen LogP contribution >= 0.6 is 23.2 Å². The molecule has 0 unspecified atom stereocenters. The first-order valence-electron chi connectivity index (χ1n) is 6.10. The van der Waals surface area contributed by atoms with Crippen LogP contribution in [-0.4, -0.2) is 11.5 Å². The molecule has 1 aromatic heterocycles. The van der Waals surface area contributed by atoms with Crippen LogP contribution in [-0.2, 0) is 6.18 Å². The van der Waals surface area contributed by atoms with Gasteiger partial charge in [-0.05, 0) is 37.3 Å². The predicted molar refractivity (Wildman–Crippen MR) is 78.9 cm³/mol. The second-order valence-corrected chi connectivity index (χ2v) is 5.12. The molecule has 0 saturated heterocycles. The molecule has 0 spiro atoms. The third-order valence-electron chi connectivity index (χ3n) is 2.72. The topological polar surface area (TPSA) is 24.9 Å². The molecule has 1 aromatic carbocycles. The molecule has 0 aliphatic heterocycles. The van der Waals surface area contributed by atoms with Gasteiger partial charge in [0, 0.05) is 17.1 Å². The summed E-state index contributed by atoms with van der Waals surface area (Å²) < 4.78 is 38.9. The molecule has 2 nitrogen and oxygen atoms in total. The van der Waals surface area contributed by atoms with E-state index in [2.05, 4.69) is 10.3 Å². The zero-order chi connectivity index (χ0) is 15.6. The van der Waals surface area contributed by atoms with Crippen LogP contribution in [0.5, 0.6) is 0 Å². The van der Waals surface area contributed by atoms with E-state index in [0.717, 1.165) is 12.1 Å². The zero-order valence-corrected chi connectivity index (χ0v) is 12.4. The van der Waals surface area contributed by atoms with Gasteiger partial charge in [-0.2, -0.15) is 13.2 Å². The van der Waals surface area contributed by atoms with Crippen molar-refractivity contribution in [3.05, 3.63) is 45.9 Å². The molecule has 1 heterocycles. The summed E-state index contributed by atoms with van der Waals surface area (Å²) in [6, 6.07) is 6.50. The van der Waals surface area contributed by atoms with Gasteiger partial charge in [0.05, 0.1) is 16.3 Å². The van der Waals surface area contributed by atoms with Crippen molar-refractivity contribution >= 4 is 29.0 Å². The highest BCUT2D eigenvalue weighted by Gasteiger charge is 2.32. The number of alkyl halides is 3. The van der Waals surface area contributed by atoms with Crippen LogP contribution in [0.4, 0.5) is 19.0 Å². The van der Waals surface area contributed by atoms with Crippen LogP contribution in [0, 0.1) is 0 Å². The predicted octanol–water partition coefficient (Wildman–Crippen LogP) is 5.51. The summed E-state index contributed by atoms with van der Waals surface area (Å²) in [4.78, 5) is 4.16. The number of hydrogen-bond donors (Lipinski definition) is 1. The molecule has 0 amide bonds. The van der Waals surface area contributed by atoms with Crippen molar-refractivity contribution in [1.29, 1.82) is 0 Å². The Balaban J connectivity index is 2.59. The summed E-state index contributed by atoms with van der Waals surface area (Å²) in [5.74, 6) is 0.147. The number of halogens is 5. The maximum atomic E-state index is 13.0. The van der Waals surface area contributed by atoms with Crippen molar-refractivity contribution in [2.75, 3.05) is 11.9 Å². The third kappa shape index (κ3) is 3.80. The van der Waals surface area contributed by atoms with Gasteiger partial charge < -0.3 is 5.32 Å². The van der Waals surface area contributed by atoms with Crippen molar-refractivity contribution in [1.82, 2.24) is 4.98 Å². The SMILES string of the molecule is CCNc1cc(C(F)(F)F)cc(-c2ccc(Cl)cc2Cl)n1. The Morgan fingerprint density at radius 3 is 2.43 bits per heavy atom. The Labute approximate surface area is 129 Å². The van der Waals surface area contributed by atoms with Crippen LogP contribution in [0.15, 0.2) is 30.3 Å². The number of anilines is 1. The average Bonchev–Trinajstić information content (AvgIpc) is 2.37. The van der Waals surface area contributed by atoms with Crippen LogP contribution in [0.2, 0.25) is 10.0 Å². The number of aromatic nitrogens is 1. The standard InChI is InChI=1S/C14H11Cl2F3N2/c1-2-20-13-6-8(14(17,18)19)5-12(21-13)10-4-3-9(15)7-11(10)16/h3-7H,2H2,1H3,(H,20,21). The van der Waals surface area contributed by atoms with Crippen molar-refractivity contribution in [3.8, 4) is 11.3 Å². The Morgan fingerprint density at radius 2 is 1.86 bits per heavy atom. The Hall–Kier alpha value is -1.46. The zero-order valence-electron chi connectivity index (χ0n) is 10.9. The highest BCUT2D eigenvalue weighted by atomic mass is 35.5. The van der Waals surface area contributed by atoms with E-state index < -0.39 is 11.7 Å². The van der Waals surface area contributed by atoms with Crippen LogP contribution < -0.4 is 5.32 Å². The minimum atomic E-state index is -4.46. The van der Waals surface area contributed by atoms with Crippen molar-refractivity contribution < 1.29 is 13.2 Å². The van der Waals surface area contributed by atoms with Gasteiger partial charge in [-0.15, -0.1) is 0 Å². The fourth-order valence-corrected chi connectivity index (χ4v) is 2.31. The molecule has 0 aliphatic carbocycles. The second-order valence-electron chi connectivity index (χ2n) is 4.28. The Morgan fingerprint density at radius 1 is 1.14 bits per heavy atom. The first-order chi connectivity index (χ1) is 9.81. The minimum Gasteiger partial charge on any atom is -0.370 e. The van der Waals surface area contributed by atoms with E-state index in [1.807, 2.05) is 0 Å². The molecule has 21 heavy (non-hydrogen) atoms. The van der Waals surface area contributed by atoms with E-state index in [4.69, 9.17) is 23.2 Å². The molecular formula is C14H11Cl2F3N2. The highest BCUT2D eigenvalue weighted by molar-refractivity contribution is 6.36. The van der Waals surface area contributed by atoms with E-state index in [-0.39, 0.29) is 16.5 Å². The smallest absolute Gasteiger partial charge is 0.370 e. The van der Waals surface area contributed by atoms with Gasteiger partial charge in [-0.25, -0.2) is 4.98 Å². The second kappa shape index (κ2) is 6.12. The lowest BCUT2D eigenvalue weighted by molar-refractivity contribution is -0.137. The Bertz CT molecular complexity index is 657. The fourth-order valence-electron chi connectivity index (χ4n) is 1.80. The molecule has 0 saturated carbocycles. The molecule has 7 heteroatoms. The van der Waals surface area contributed by atoms with Crippen molar-refractivity contribution in [2.24, 2.45) is 0 Å². The average molecular weight is 335 g/mol. The molecule has 0 bridgehead atoms. The third-order valence-corrected chi connectivity index (χ3v) is 3.27. The van der Waals surface area contributed by atoms with E-state index >= 15 is 0 Å². The van der Waals surface area contributed by atoms with Crippen LogP contribution in [0.3, 0.4) is 0 Å². The summed E-state index contributed by atoms with van der Waals surface area (Å²) in [6.45, 7) is 2.24. The van der Waals surface area contributed by atoms with Gasteiger partial charge in [-0.1, -0.05) is 23.2 Å². The molecule has 0 radical (unpaired) electrons. The number of nitrogens with one attached hydrogen (secondary N) is 1. The highest BCUT2D eigenvalue weighted by Crippen LogP contribution is 2.35. The summed E-state index contributed by atoms with van der Waals surface area (Å²) in [5.41, 5.74) is -0.247. The maximum Gasteiger partial charge on any atom is 0.416 e. The monoisotopic (exact) mass is 334 g/mol. The molecule has 1 N–H and O–H groups in total. The number of pyridine rings is 1. The van der Waals surface area contributed by atoms with E-state index in [0.29, 0.717) is 17.1 Å². The van der Waals surface area contributed by atoms with Gasteiger partial charge >= 0.3 is 6.18 Å². The van der Waals surface area contributed by atoms with E-state index in [1.165, 1.54) is 6.07 Å². The van der Waals surface area contributed by atoms with Gasteiger partial charge in [0.25, 0.3) is 0 Å². The van der Waals surface area contributed by atoms with E-state index in [9.17, 15) is 13.2 Å². The van der Waals surface area contributed by atoms with E-state index in [1.54, 1.807) is 19.1 Å². The summed E-state index contributed by atoms with van der Waals surface area (Å²) in [6.07, 6.45) is -4.46. The number of rotatable bonds is 3. The molecule has 0 fully saturated rings. The normalized spacial score (nSPS) is 11.5. The molecule has 2 aromatic rings. The number of nitrogens with zero attached hydrogens (tertiary/aromatic N) is 1. The summed E-state index contributed by atoms with van der Waals surface area (Å²) >= 11 is 11.8. The van der Waals surface area contributed by atoms with Crippen LogP contribution in [0.1, 0.15) is 12.5 Å². The molecular weight excluding hydrogens is 324 g/mol. The lowest BCUT2D eigenvalue weighted by Gasteiger charge is -2.13. The lowest BCUT2D eigenvalue weighted by atomic mass is 10.1.